The topological polar surface area (TPSA) is 155 Å². The van der Waals surface area contributed by atoms with Gasteiger partial charge >= 0.3 is 0 Å². The maximum atomic E-state index is 5.28. The van der Waals surface area contributed by atoms with Crippen molar-refractivity contribution in [2.24, 2.45) is 0 Å². The Morgan fingerprint density at radius 3 is 0.787 bits per heavy atom. The zero-order valence-corrected chi connectivity index (χ0v) is 93.4. The van der Waals surface area contributed by atoms with Crippen molar-refractivity contribution in [1.29, 1.82) is 0 Å². The number of nitrogens with zero attached hydrogens (tertiary/aromatic N) is 18. The number of aromatic nitrogens is 10. The van der Waals surface area contributed by atoms with Gasteiger partial charge in [-0.05, 0) is 130 Å². The van der Waals surface area contributed by atoms with Crippen LogP contribution in [0.15, 0.2) is 322 Å². The molecule has 0 aliphatic carbocycles. The zero-order chi connectivity index (χ0) is 96.6. The summed E-state index contributed by atoms with van der Waals surface area (Å²) in [5.41, 5.74) is 20.5. The third-order valence-corrected chi connectivity index (χ3v) is 29.3. The van der Waals surface area contributed by atoms with Gasteiger partial charge in [0.05, 0.1) is 47.6 Å². The maximum Gasteiger partial charge on any atom is 0.145 e. The minimum absolute atomic E-state index is 0. The van der Waals surface area contributed by atoms with Gasteiger partial charge in [0, 0.05) is 170 Å². The van der Waals surface area contributed by atoms with Gasteiger partial charge in [-0.3, -0.25) is 9.97 Å². The molecule has 6 aromatic heterocycles. The van der Waals surface area contributed by atoms with Gasteiger partial charge in [-0.15, -0.1) is 49.4 Å². The van der Waals surface area contributed by atoms with E-state index in [1.165, 1.54) is 33.4 Å². The van der Waals surface area contributed by atoms with Crippen molar-refractivity contribution in [3.05, 3.63) is 446 Å². The Morgan fingerprint density at radius 2 is 0.496 bits per heavy atom. The summed E-state index contributed by atoms with van der Waals surface area (Å²) in [5.74, 6) is 6.46. The third kappa shape index (κ3) is 20.8. The molecule has 0 atom stereocenters. The Balaban J connectivity index is 0.000000157. The first kappa shape index (κ1) is 106. The van der Waals surface area contributed by atoms with E-state index in [0.29, 0.717) is 0 Å². The van der Waals surface area contributed by atoms with Gasteiger partial charge in [0.1, 0.15) is 46.5 Å². The molecule has 22 heteroatoms. The Kier molecular flexibility index (Phi) is 32.6. The number of rotatable bonds is 20. The molecular formula is C119H120Ir4N18-8. The molecule has 18 nitrogen and oxygen atoms in total. The quantitative estimate of drug-likeness (QED) is 0.0664. The second-order valence-electron chi connectivity index (χ2n) is 39.9. The second-order valence-corrected chi connectivity index (χ2v) is 39.9. The van der Waals surface area contributed by atoms with Crippen LogP contribution in [-0.4, -0.2) is 49.8 Å². The summed E-state index contributed by atoms with van der Waals surface area (Å²) in [6.45, 7) is 55.1. The first-order valence-corrected chi connectivity index (χ1v) is 46.9. The number of anilines is 16. The molecule has 4 aliphatic rings. The molecule has 4 radical (unpaired) electrons. The van der Waals surface area contributed by atoms with Crippen LogP contribution in [0.25, 0.3) is 0 Å². The molecule has 4 aliphatic heterocycles. The number of aryl methyl sites for hydroxylation is 5. The Labute approximate surface area is 889 Å². The minimum atomic E-state index is -0.331. The summed E-state index contributed by atoms with van der Waals surface area (Å²) >= 11 is 0. The molecule has 0 spiro atoms. The van der Waals surface area contributed by atoms with E-state index in [1.54, 1.807) is 0 Å². The fourth-order valence-corrected chi connectivity index (χ4v) is 18.2. The molecule has 0 saturated heterocycles. The van der Waals surface area contributed by atoms with Gasteiger partial charge in [0.15, 0.2) is 0 Å². The van der Waals surface area contributed by atoms with Crippen LogP contribution in [0.4, 0.5) is 92.0 Å². The van der Waals surface area contributed by atoms with E-state index in [4.69, 9.17) is 44.9 Å². The molecule has 0 fully saturated rings. The van der Waals surface area contributed by atoms with E-state index < -0.39 is 0 Å². The first-order chi connectivity index (χ1) is 65.6. The van der Waals surface area contributed by atoms with Crippen LogP contribution < -0.4 is 39.2 Å². The number of hydrogen-bond acceptors (Lipinski definition) is 18. The molecule has 10 heterocycles. The average molecular weight is 2570 g/mol. The average Bonchev–Trinajstić information content (AvgIpc) is 1.71. The van der Waals surface area contributed by atoms with E-state index in [9.17, 15) is 0 Å². The molecular weight excluding hydrogens is 2450 g/mol. The van der Waals surface area contributed by atoms with Gasteiger partial charge in [-0.2, -0.15) is 121 Å². The van der Waals surface area contributed by atoms with Crippen LogP contribution >= 0.6 is 0 Å². The van der Waals surface area contributed by atoms with Gasteiger partial charge in [0.2, 0.25) is 0 Å². The van der Waals surface area contributed by atoms with Crippen LogP contribution in [0, 0.1) is 85.6 Å². The number of pyridine rings is 2. The van der Waals surface area contributed by atoms with Crippen LogP contribution in [-0.2, 0) is 124 Å². The third-order valence-electron chi connectivity index (χ3n) is 29.3. The Bertz CT molecular complexity index is 6870. The fourth-order valence-electron chi connectivity index (χ4n) is 18.2. The summed E-state index contributed by atoms with van der Waals surface area (Å²) in [7, 11) is 0. The predicted molar refractivity (Wildman–Crippen MR) is 559 cm³/mol. The first-order valence-electron chi connectivity index (χ1n) is 46.9. The molecule has 141 heavy (non-hydrogen) atoms. The summed E-state index contributed by atoms with van der Waals surface area (Å²) in [6.07, 6.45) is 9.58. The summed E-state index contributed by atoms with van der Waals surface area (Å²) in [5, 5.41) is 0. The van der Waals surface area contributed by atoms with Crippen LogP contribution in [0.5, 0.6) is 0 Å². The van der Waals surface area contributed by atoms with E-state index in [0.717, 1.165) is 132 Å². The molecule has 0 saturated carbocycles. The van der Waals surface area contributed by atoms with Crippen LogP contribution in [0.3, 0.4) is 0 Å². The SMILES string of the molecule is CC(C)(c1ccccn1)C(C)(C)c1cnc2c(n1)N(c1[c-]cccc1)[CH-]N2c1ccccc1.Cc1cc(C)cc(C(C)(C)C(C)(C)c2cnc3c(n2)N(c2[c-]cccc2)[CH-]N3c2ccccc2)c1.Cc1cccc(C(C)(C)C(C)(C)c2cnc3c(n2)N(c2[c-]cccc2)[CH-]N3c2ccccc2)n1.Cc1cccc(C)c1C(C)(C)C(C)(C)c1cnc2c(n1)N(c1[c-]cccc1)[CH-]N2c1ccccc1.[Ir].[Ir].[Ir].[Ir]. The summed E-state index contributed by atoms with van der Waals surface area (Å²) in [4.78, 5) is 66.9. The molecule has 0 amide bonds. The van der Waals surface area contributed by atoms with Gasteiger partial charge in [-0.1, -0.05) is 243 Å². The Morgan fingerprint density at radius 1 is 0.227 bits per heavy atom. The molecule has 16 aromatic rings. The van der Waals surface area contributed by atoms with E-state index >= 15 is 0 Å². The van der Waals surface area contributed by atoms with Crippen molar-refractivity contribution >= 4 is 92.0 Å². The van der Waals surface area contributed by atoms with Crippen molar-refractivity contribution in [3.8, 4) is 0 Å². The van der Waals surface area contributed by atoms with Gasteiger partial charge in [0.25, 0.3) is 0 Å². The number of hydrogen-bond donors (Lipinski definition) is 0. The molecule has 20 rings (SSSR count). The fraction of sp³-hybridized carbons (Fsp3) is 0.244. The molecule has 0 N–H and O–H groups in total. The van der Waals surface area contributed by atoms with Crippen molar-refractivity contribution < 1.29 is 80.4 Å². The monoisotopic (exact) mass is 2570 g/mol. The predicted octanol–water partition coefficient (Wildman–Crippen LogP) is 28.1. The maximum absolute atomic E-state index is 5.28. The van der Waals surface area contributed by atoms with Gasteiger partial charge in [-0.25, -0.2) is 39.9 Å². The van der Waals surface area contributed by atoms with Crippen LogP contribution in [0.1, 0.15) is 184 Å². The summed E-state index contributed by atoms with van der Waals surface area (Å²) in [6, 6.07) is 112. The van der Waals surface area contributed by atoms with Gasteiger partial charge < -0.3 is 39.2 Å². The van der Waals surface area contributed by atoms with E-state index in [2.05, 4.69) is 329 Å². The largest absolute Gasteiger partial charge is 0.477 e. The summed E-state index contributed by atoms with van der Waals surface area (Å²) < 4.78 is 0. The van der Waals surface area contributed by atoms with Crippen molar-refractivity contribution in [3.63, 3.8) is 0 Å². The molecule has 10 aromatic carbocycles. The number of fused-ring (bicyclic) bond motifs is 4. The molecule has 0 bridgehead atoms. The Hall–Kier alpha value is -12.2. The minimum Gasteiger partial charge on any atom is -0.477 e. The smallest absolute Gasteiger partial charge is 0.145 e. The normalized spacial score (nSPS) is 13.4. The second kappa shape index (κ2) is 43.3. The standard InChI is InChI=1S/2C31H32N4.C29H29N5.C28H27N5.4Ir/c1-22-14-13-15-23(2)27(22)31(5,6)30(3,4)26-20-32-28-29(33-26)35(25-18-11-8-12-19-25)21-34(28)24-16-9-7-10-17-24;1-22-17-23(2)19-24(18-22)30(3,4)31(5,6)27-20-32-28-29(33-27)35(26-15-11-8-12-16-26)21-34(28)25-13-9-7-10-14-25;1-21-13-12-18-24(31-21)28(2,3)29(4,5)25-19-30-26-27(32-25)34(23-16-10-7-11-17-23)20-33(26)22-14-8-6-9-15-22;1-27(2,23-17-11-12-18-29-23)28(3,4)24-19-30-25-26(31-24)33(22-15-9-6-10-16-22)20-32(25)21-13-7-5-8-14-21;;;;/h7-18,20-21H,1-6H3;7-15,17-21H,1-6H3;6-16,18-20H,1-5H3;5-15,17-20H,1-4H3;;;;/q4*-2;;;;. The van der Waals surface area contributed by atoms with Crippen LogP contribution in [0.2, 0.25) is 0 Å². The number of benzene rings is 10. The van der Waals surface area contributed by atoms with Crippen molar-refractivity contribution in [1.82, 2.24) is 49.8 Å². The molecule has 0 unspecified atom stereocenters. The van der Waals surface area contributed by atoms with E-state index in [-0.39, 0.29) is 124 Å². The zero-order valence-electron chi connectivity index (χ0n) is 83.8. The van der Waals surface area contributed by atoms with Crippen molar-refractivity contribution in [2.45, 2.75) is 189 Å². The number of para-hydroxylation sites is 8. The molecule has 730 valence electrons. The van der Waals surface area contributed by atoms with E-state index in [1.807, 2.05) is 233 Å². The van der Waals surface area contributed by atoms with Crippen molar-refractivity contribution in [2.75, 3.05) is 39.2 Å².